The van der Waals surface area contributed by atoms with Crippen LogP contribution in [0, 0.1) is 5.82 Å². The molecule has 3 N–H and O–H groups in total. The Morgan fingerprint density at radius 3 is 2.44 bits per heavy atom. The molecule has 0 fully saturated rings. The van der Waals surface area contributed by atoms with Crippen molar-refractivity contribution in [2.24, 2.45) is 0 Å². The zero-order valence-corrected chi connectivity index (χ0v) is 14.4. The summed E-state index contributed by atoms with van der Waals surface area (Å²) in [5.74, 6) is -0.247. The first-order valence-electron chi connectivity index (χ1n) is 8.53. The number of hydrogen-bond donors (Lipinski definition) is 3. The molecule has 134 valence electrons. The number of carbonyl (C=O) groups is 1. The Hall–Kier alpha value is -2.24. The predicted molar refractivity (Wildman–Crippen MR) is 98.0 cm³/mol. The molecule has 0 aliphatic carbocycles. The molecule has 2 aromatic carbocycles. The first-order valence-corrected chi connectivity index (χ1v) is 8.53. The van der Waals surface area contributed by atoms with Gasteiger partial charge in [-0.05, 0) is 49.1 Å². The Morgan fingerprint density at radius 2 is 1.80 bits per heavy atom. The SMILES string of the molecule is CC(CC(=O)Nc1ccc(F)cc1)NCC(CCO)c1ccccc1. The van der Waals surface area contributed by atoms with Crippen LogP contribution < -0.4 is 10.6 Å². The zero-order chi connectivity index (χ0) is 18.1. The molecule has 2 rings (SSSR count). The van der Waals surface area contributed by atoms with Gasteiger partial charge in [-0.25, -0.2) is 4.39 Å². The van der Waals surface area contributed by atoms with Crippen LogP contribution in [0.3, 0.4) is 0 Å². The summed E-state index contributed by atoms with van der Waals surface area (Å²) in [6, 6.07) is 15.7. The number of rotatable bonds is 9. The molecule has 25 heavy (non-hydrogen) atoms. The maximum Gasteiger partial charge on any atom is 0.225 e. The molecule has 5 heteroatoms. The van der Waals surface area contributed by atoms with Gasteiger partial charge >= 0.3 is 0 Å². The minimum absolute atomic E-state index is 0.00893. The van der Waals surface area contributed by atoms with Gasteiger partial charge in [-0.3, -0.25) is 4.79 Å². The van der Waals surface area contributed by atoms with Crippen LogP contribution >= 0.6 is 0 Å². The van der Waals surface area contributed by atoms with Crippen molar-refractivity contribution in [1.82, 2.24) is 5.32 Å². The van der Waals surface area contributed by atoms with Crippen LogP contribution in [-0.2, 0) is 4.79 Å². The smallest absolute Gasteiger partial charge is 0.225 e. The van der Waals surface area contributed by atoms with Crippen molar-refractivity contribution in [2.45, 2.75) is 31.7 Å². The van der Waals surface area contributed by atoms with Crippen molar-refractivity contribution in [2.75, 3.05) is 18.5 Å². The van der Waals surface area contributed by atoms with Crippen LogP contribution in [0.5, 0.6) is 0 Å². The summed E-state index contributed by atoms with van der Waals surface area (Å²) in [5, 5.41) is 15.4. The van der Waals surface area contributed by atoms with Crippen molar-refractivity contribution in [1.29, 1.82) is 0 Å². The van der Waals surface area contributed by atoms with Crippen molar-refractivity contribution >= 4 is 11.6 Å². The molecule has 2 aromatic rings. The van der Waals surface area contributed by atoms with Crippen LogP contribution in [0.15, 0.2) is 54.6 Å². The topological polar surface area (TPSA) is 61.4 Å². The molecule has 0 aromatic heterocycles. The van der Waals surface area contributed by atoms with Crippen molar-refractivity contribution in [3.8, 4) is 0 Å². The molecular formula is C20H25FN2O2. The van der Waals surface area contributed by atoms with Crippen molar-refractivity contribution in [3.05, 3.63) is 66.0 Å². The number of benzene rings is 2. The van der Waals surface area contributed by atoms with Gasteiger partial charge in [0.1, 0.15) is 5.82 Å². The average molecular weight is 344 g/mol. The van der Waals surface area contributed by atoms with Gasteiger partial charge in [0.25, 0.3) is 0 Å². The fraction of sp³-hybridized carbons (Fsp3) is 0.350. The third-order valence-corrected chi connectivity index (χ3v) is 4.08. The fourth-order valence-electron chi connectivity index (χ4n) is 2.71. The molecular weight excluding hydrogens is 319 g/mol. The Kier molecular flexibility index (Phi) is 7.57. The van der Waals surface area contributed by atoms with Gasteiger partial charge in [-0.1, -0.05) is 30.3 Å². The first kappa shape index (κ1) is 19.1. The van der Waals surface area contributed by atoms with Crippen LogP contribution in [0.2, 0.25) is 0 Å². The van der Waals surface area contributed by atoms with E-state index in [4.69, 9.17) is 0 Å². The van der Waals surface area contributed by atoms with Gasteiger partial charge in [-0.15, -0.1) is 0 Å². The van der Waals surface area contributed by atoms with E-state index in [-0.39, 0.29) is 30.3 Å². The summed E-state index contributed by atoms with van der Waals surface area (Å²) in [6.45, 7) is 2.77. The largest absolute Gasteiger partial charge is 0.396 e. The number of anilines is 1. The highest BCUT2D eigenvalue weighted by Crippen LogP contribution is 2.18. The Bertz CT molecular complexity index is 647. The molecule has 0 aliphatic heterocycles. The van der Waals surface area contributed by atoms with E-state index in [9.17, 15) is 14.3 Å². The maximum atomic E-state index is 12.9. The lowest BCUT2D eigenvalue weighted by molar-refractivity contribution is -0.116. The van der Waals surface area contributed by atoms with Gasteiger partial charge in [0.05, 0.1) is 0 Å². The molecule has 0 heterocycles. The molecule has 0 saturated carbocycles. The maximum absolute atomic E-state index is 12.9. The lowest BCUT2D eigenvalue weighted by Crippen LogP contribution is -2.34. The van der Waals surface area contributed by atoms with Gasteiger partial charge in [0.15, 0.2) is 0 Å². The summed E-state index contributed by atoms with van der Waals surface area (Å²) in [5.41, 5.74) is 1.76. The Labute approximate surface area is 148 Å². The lowest BCUT2D eigenvalue weighted by Gasteiger charge is -2.20. The molecule has 1 amide bonds. The minimum atomic E-state index is -0.330. The summed E-state index contributed by atoms with van der Waals surface area (Å²) in [4.78, 5) is 12.1. The minimum Gasteiger partial charge on any atom is -0.396 e. The molecule has 0 spiro atoms. The number of halogens is 1. The monoisotopic (exact) mass is 344 g/mol. The van der Waals surface area contributed by atoms with Gasteiger partial charge in [0.2, 0.25) is 5.91 Å². The normalized spacial score (nSPS) is 13.2. The first-order chi connectivity index (χ1) is 12.1. The molecule has 4 nitrogen and oxygen atoms in total. The summed E-state index contributed by atoms with van der Waals surface area (Å²) >= 11 is 0. The number of aliphatic hydroxyl groups is 1. The van der Waals surface area contributed by atoms with E-state index in [1.54, 1.807) is 0 Å². The molecule has 0 saturated heterocycles. The van der Waals surface area contributed by atoms with E-state index in [1.807, 2.05) is 37.3 Å². The van der Waals surface area contributed by atoms with Crippen molar-refractivity contribution in [3.63, 3.8) is 0 Å². The van der Waals surface area contributed by atoms with E-state index in [0.717, 1.165) is 0 Å². The second-order valence-corrected chi connectivity index (χ2v) is 6.19. The number of nitrogens with one attached hydrogen (secondary N) is 2. The highest BCUT2D eigenvalue weighted by atomic mass is 19.1. The molecule has 2 unspecified atom stereocenters. The van der Waals surface area contributed by atoms with Gasteiger partial charge in [-0.2, -0.15) is 0 Å². The number of aliphatic hydroxyl groups excluding tert-OH is 1. The molecule has 2 atom stereocenters. The Balaban J connectivity index is 1.81. The summed E-state index contributed by atoms with van der Waals surface area (Å²) in [6.07, 6.45) is 0.990. The average Bonchev–Trinajstić information content (AvgIpc) is 2.61. The number of amides is 1. The highest BCUT2D eigenvalue weighted by Gasteiger charge is 2.14. The van der Waals surface area contributed by atoms with E-state index in [1.165, 1.54) is 29.8 Å². The van der Waals surface area contributed by atoms with Crippen LogP contribution in [0.1, 0.15) is 31.2 Å². The molecule has 0 radical (unpaired) electrons. The number of carbonyl (C=O) groups excluding carboxylic acids is 1. The third kappa shape index (κ3) is 6.64. The van der Waals surface area contributed by atoms with Crippen LogP contribution in [0.4, 0.5) is 10.1 Å². The summed E-state index contributed by atoms with van der Waals surface area (Å²) < 4.78 is 12.9. The zero-order valence-electron chi connectivity index (χ0n) is 14.4. The second-order valence-electron chi connectivity index (χ2n) is 6.19. The molecule has 0 bridgehead atoms. The van der Waals surface area contributed by atoms with E-state index < -0.39 is 0 Å². The van der Waals surface area contributed by atoms with E-state index in [2.05, 4.69) is 10.6 Å². The predicted octanol–water partition coefficient (Wildman–Crippen LogP) is 3.30. The van der Waals surface area contributed by atoms with Gasteiger partial charge < -0.3 is 15.7 Å². The summed E-state index contributed by atoms with van der Waals surface area (Å²) in [7, 11) is 0. The highest BCUT2D eigenvalue weighted by molar-refractivity contribution is 5.91. The standard InChI is InChI=1S/C20H25FN2O2/c1-15(13-20(25)23-19-9-7-18(21)8-10-19)22-14-17(11-12-24)16-5-3-2-4-6-16/h2-10,15,17,22,24H,11-14H2,1H3,(H,23,25). The van der Waals surface area contributed by atoms with Crippen LogP contribution in [-0.4, -0.2) is 30.2 Å². The van der Waals surface area contributed by atoms with Crippen LogP contribution in [0.25, 0.3) is 0 Å². The van der Waals surface area contributed by atoms with E-state index in [0.29, 0.717) is 25.1 Å². The third-order valence-electron chi connectivity index (χ3n) is 4.08. The second kappa shape index (κ2) is 9.91. The van der Waals surface area contributed by atoms with Gasteiger partial charge in [0, 0.05) is 31.3 Å². The lowest BCUT2D eigenvalue weighted by atomic mass is 9.95. The molecule has 0 aliphatic rings. The van der Waals surface area contributed by atoms with E-state index >= 15 is 0 Å². The Morgan fingerprint density at radius 1 is 1.12 bits per heavy atom. The number of hydrogen-bond acceptors (Lipinski definition) is 3. The quantitative estimate of drug-likeness (QED) is 0.654. The fourth-order valence-corrected chi connectivity index (χ4v) is 2.71. The van der Waals surface area contributed by atoms with Crippen molar-refractivity contribution < 1.29 is 14.3 Å².